The molecule has 4 heteroatoms. The predicted octanol–water partition coefficient (Wildman–Crippen LogP) is 1.67. The minimum absolute atomic E-state index is 0.0373. The van der Waals surface area contributed by atoms with Gasteiger partial charge in [0.05, 0.1) is 24.0 Å². The van der Waals surface area contributed by atoms with Crippen LogP contribution in [0, 0.1) is 11.3 Å². The van der Waals surface area contributed by atoms with Crippen LogP contribution in [0.5, 0.6) is 0 Å². The lowest BCUT2D eigenvalue weighted by Gasteiger charge is -2.23. The van der Waals surface area contributed by atoms with E-state index in [9.17, 15) is 0 Å². The van der Waals surface area contributed by atoms with E-state index in [4.69, 9.17) is 15.1 Å². The molecule has 1 aliphatic heterocycles. The van der Waals surface area contributed by atoms with E-state index in [2.05, 4.69) is 11.0 Å². The monoisotopic (exact) mass is 246 g/mol. The van der Waals surface area contributed by atoms with Gasteiger partial charge < -0.3 is 14.7 Å². The molecule has 1 unspecified atom stereocenters. The topological polar surface area (TPSA) is 56.5 Å². The third kappa shape index (κ3) is 2.81. The first kappa shape index (κ1) is 12.9. The van der Waals surface area contributed by atoms with Crippen molar-refractivity contribution in [3.05, 3.63) is 29.3 Å². The van der Waals surface area contributed by atoms with Crippen LogP contribution in [-0.2, 0) is 11.3 Å². The highest BCUT2D eigenvalue weighted by molar-refractivity contribution is 5.60. The number of aliphatic hydroxyl groups is 1. The number of nitrogens with zero attached hydrogens (tertiary/aromatic N) is 2. The van der Waals surface area contributed by atoms with Crippen LogP contribution in [0.15, 0.2) is 18.2 Å². The number of benzene rings is 1. The summed E-state index contributed by atoms with van der Waals surface area (Å²) in [6, 6.07) is 7.66. The Hall–Kier alpha value is -1.57. The average molecular weight is 246 g/mol. The van der Waals surface area contributed by atoms with Gasteiger partial charge in [0.2, 0.25) is 0 Å². The van der Waals surface area contributed by atoms with Crippen molar-refractivity contribution in [3.63, 3.8) is 0 Å². The van der Waals surface area contributed by atoms with Gasteiger partial charge in [-0.2, -0.15) is 5.26 Å². The fourth-order valence-electron chi connectivity index (χ4n) is 2.30. The first-order valence-corrected chi connectivity index (χ1v) is 6.21. The van der Waals surface area contributed by atoms with Crippen molar-refractivity contribution in [1.29, 1.82) is 5.26 Å². The Morgan fingerprint density at radius 2 is 2.39 bits per heavy atom. The fraction of sp³-hybridized carbons (Fsp3) is 0.500. The highest BCUT2D eigenvalue weighted by atomic mass is 16.5. The zero-order valence-electron chi connectivity index (χ0n) is 10.6. The number of hydrogen-bond acceptors (Lipinski definition) is 4. The van der Waals surface area contributed by atoms with Crippen LogP contribution in [0.2, 0.25) is 0 Å². The van der Waals surface area contributed by atoms with Crippen molar-refractivity contribution >= 4 is 5.69 Å². The minimum Gasteiger partial charge on any atom is -0.392 e. The molecule has 1 saturated heterocycles. The lowest BCUT2D eigenvalue weighted by atomic mass is 10.1. The zero-order chi connectivity index (χ0) is 13.0. The van der Waals surface area contributed by atoms with Crippen LogP contribution in [0.1, 0.15) is 24.0 Å². The number of likely N-dealkylation sites (N-methyl/N-ethyl adjacent to an activating group) is 1. The van der Waals surface area contributed by atoms with Gasteiger partial charge in [-0.05, 0) is 30.5 Å². The third-order valence-corrected chi connectivity index (χ3v) is 3.28. The number of rotatable bonds is 4. The highest BCUT2D eigenvalue weighted by Crippen LogP contribution is 2.22. The summed E-state index contributed by atoms with van der Waals surface area (Å²) in [7, 11) is 1.97. The molecule has 1 fully saturated rings. The van der Waals surface area contributed by atoms with E-state index >= 15 is 0 Å². The summed E-state index contributed by atoms with van der Waals surface area (Å²) < 4.78 is 5.60. The van der Waals surface area contributed by atoms with Crippen molar-refractivity contribution in [1.82, 2.24) is 0 Å². The van der Waals surface area contributed by atoms with Gasteiger partial charge in [0.15, 0.2) is 0 Å². The number of nitriles is 1. The summed E-state index contributed by atoms with van der Waals surface area (Å²) in [6.45, 7) is 1.60. The summed E-state index contributed by atoms with van der Waals surface area (Å²) in [4.78, 5) is 2.05. The Bertz CT molecular complexity index is 448. The molecule has 1 heterocycles. The van der Waals surface area contributed by atoms with E-state index in [-0.39, 0.29) is 12.7 Å². The number of anilines is 1. The second-order valence-electron chi connectivity index (χ2n) is 4.64. The maximum Gasteiger partial charge on any atom is 0.101 e. The van der Waals surface area contributed by atoms with E-state index < -0.39 is 0 Å². The van der Waals surface area contributed by atoms with E-state index in [1.807, 2.05) is 19.2 Å². The van der Waals surface area contributed by atoms with Gasteiger partial charge in [-0.15, -0.1) is 0 Å². The zero-order valence-corrected chi connectivity index (χ0v) is 10.6. The molecule has 1 aliphatic rings. The van der Waals surface area contributed by atoms with Crippen LogP contribution in [0.3, 0.4) is 0 Å². The molecular formula is C14H18N2O2. The Kier molecular flexibility index (Phi) is 4.19. The molecule has 18 heavy (non-hydrogen) atoms. The van der Waals surface area contributed by atoms with Crippen LogP contribution in [0.4, 0.5) is 5.69 Å². The Morgan fingerprint density at radius 1 is 1.56 bits per heavy atom. The van der Waals surface area contributed by atoms with Crippen LogP contribution < -0.4 is 4.90 Å². The van der Waals surface area contributed by atoms with Crippen LogP contribution in [0.25, 0.3) is 0 Å². The fourth-order valence-corrected chi connectivity index (χ4v) is 2.30. The maximum atomic E-state index is 9.16. The van der Waals surface area contributed by atoms with Crippen molar-refractivity contribution in [3.8, 4) is 6.07 Å². The Balaban J connectivity index is 2.13. The van der Waals surface area contributed by atoms with E-state index in [1.165, 1.54) is 0 Å². The van der Waals surface area contributed by atoms with E-state index in [0.717, 1.165) is 37.2 Å². The van der Waals surface area contributed by atoms with E-state index in [0.29, 0.717) is 5.56 Å². The first-order valence-electron chi connectivity index (χ1n) is 6.21. The van der Waals surface area contributed by atoms with Crippen LogP contribution in [-0.4, -0.2) is 31.4 Å². The minimum atomic E-state index is -0.0373. The summed E-state index contributed by atoms with van der Waals surface area (Å²) in [5.74, 6) is 0. The van der Waals surface area contributed by atoms with Crippen LogP contribution >= 0.6 is 0 Å². The molecular weight excluding hydrogens is 228 g/mol. The molecule has 0 saturated carbocycles. The van der Waals surface area contributed by atoms with Crippen molar-refractivity contribution in [2.45, 2.75) is 25.6 Å². The van der Waals surface area contributed by atoms with Crippen molar-refractivity contribution in [2.75, 3.05) is 25.1 Å². The lowest BCUT2D eigenvalue weighted by molar-refractivity contribution is 0.116. The van der Waals surface area contributed by atoms with Gasteiger partial charge in [0, 0.05) is 20.2 Å². The lowest BCUT2D eigenvalue weighted by Crippen LogP contribution is -2.29. The van der Waals surface area contributed by atoms with Gasteiger partial charge in [0.25, 0.3) is 0 Å². The van der Waals surface area contributed by atoms with Gasteiger partial charge in [-0.1, -0.05) is 6.07 Å². The molecule has 0 amide bonds. The molecule has 4 nitrogen and oxygen atoms in total. The quantitative estimate of drug-likeness (QED) is 0.878. The molecule has 0 spiro atoms. The SMILES string of the molecule is CN(CC1CCCO1)c1ccc(CO)cc1C#N. The molecule has 1 atom stereocenters. The number of aliphatic hydroxyl groups excluding tert-OH is 1. The normalized spacial score (nSPS) is 18.6. The number of ether oxygens (including phenoxy) is 1. The Morgan fingerprint density at radius 3 is 3.00 bits per heavy atom. The predicted molar refractivity (Wildman–Crippen MR) is 69.3 cm³/mol. The maximum absolute atomic E-state index is 9.16. The standard InChI is InChI=1S/C14H18N2O2/c1-16(9-13-3-2-6-18-13)14-5-4-11(10-17)7-12(14)8-15/h4-5,7,13,17H,2-3,6,9-10H2,1H3. The molecule has 0 bridgehead atoms. The molecule has 1 aromatic rings. The summed E-state index contributed by atoms with van der Waals surface area (Å²) >= 11 is 0. The van der Waals surface area contributed by atoms with Gasteiger partial charge in [-0.3, -0.25) is 0 Å². The molecule has 1 N–H and O–H groups in total. The number of hydrogen-bond donors (Lipinski definition) is 1. The Labute approximate surface area is 107 Å². The summed E-state index contributed by atoms with van der Waals surface area (Å²) in [5.41, 5.74) is 2.26. The average Bonchev–Trinajstić information content (AvgIpc) is 2.90. The molecule has 0 aliphatic carbocycles. The second-order valence-corrected chi connectivity index (χ2v) is 4.64. The third-order valence-electron chi connectivity index (χ3n) is 3.28. The first-order chi connectivity index (χ1) is 8.74. The summed E-state index contributed by atoms with van der Waals surface area (Å²) in [5, 5.41) is 18.2. The molecule has 96 valence electrons. The molecule has 1 aromatic carbocycles. The highest BCUT2D eigenvalue weighted by Gasteiger charge is 2.18. The van der Waals surface area contributed by atoms with Gasteiger partial charge in [0.1, 0.15) is 6.07 Å². The van der Waals surface area contributed by atoms with Crippen molar-refractivity contribution in [2.24, 2.45) is 0 Å². The smallest absolute Gasteiger partial charge is 0.101 e. The summed E-state index contributed by atoms with van der Waals surface area (Å²) in [6.07, 6.45) is 2.47. The molecule has 0 aromatic heterocycles. The van der Waals surface area contributed by atoms with Crippen molar-refractivity contribution < 1.29 is 9.84 Å². The second kappa shape index (κ2) is 5.85. The van der Waals surface area contributed by atoms with Gasteiger partial charge >= 0.3 is 0 Å². The van der Waals surface area contributed by atoms with E-state index in [1.54, 1.807) is 6.07 Å². The molecule has 0 radical (unpaired) electrons. The molecule has 2 rings (SSSR count). The van der Waals surface area contributed by atoms with Gasteiger partial charge in [-0.25, -0.2) is 0 Å². The largest absolute Gasteiger partial charge is 0.392 e.